The molecule has 21 heavy (non-hydrogen) atoms. The molecule has 0 radical (unpaired) electrons. The zero-order valence-corrected chi connectivity index (χ0v) is 12.2. The first-order valence-electron chi connectivity index (χ1n) is 7.48. The van der Waals surface area contributed by atoms with E-state index in [-0.39, 0.29) is 18.5 Å². The highest BCUT2D eigenvalue weighted by Crippen LogP contribution is 2.35. The molecule has 2 N–H and O–H groups in total. The Labute approximate surface area is 123 Å². The summed E-state index contributed by atoms with van der Waals surface area (Å²) in [7, 11) is 0. The summed E-state index contributed by atoms with van der Waals surface area (Å²) in [6.07, 6.45) is 5.19. The first-order chi connectivity index (χ1) is 10.2. The van der Waals surface area contributed by atoms with Gasteiger partial charge in [0.1, 0.15) is 11.4 Å². The number of hydrogen-bond donors (Lipinski definition) is 2. The Morgan fingerprint density at radius 2 is 2.14 bits per heavy atom. The number of anilines is 1. The van der Waals surface area contributed by atoms with E-state index in [0.717, 1.165) is 43.6 Å². The third kappa shape index (κ3) is 2.34. The van der Waals surface area contributed by atoms with Crippen molar-refractivity contribution in [2.24, 2.45) is 0 Å². The highest BCUT2D eigenvalue weighted by molar-refractivity contribution is 6.07. The Kier molecular flexibility index (Phi) is 3.53. The summed E-state index contributed by atoms with van der Waals surface area (Å²) < 4.78 is 0. The Morgan fingerprint density at radius 3 is 2.86 bits per heavy atom. The van der Waals surface area contributed by atoms with Gasteiger partial charge in [0.2, 0.25) is 0 Å². The zero-order chi connectivity index (χ0) is 14.9. The molecule has 6 heteroatoms. The van der Waals surface area contributed by atoms with Gasteiger partial charge in [-0.1, -0.05) is 18.9 Å². The molecule has 2 fully saturated rings. The van der Waals surface area contributed by atoms with Gasteiger partial charge >= 0.3 is 6.03 Å². The second kappa shape index (κ2) is 5.35. The largest absolute Gasteiger partial charge is 0.370 e. The first kappa shape index (κ1) is 13.9. The molecule has 1 aliphatic heterocycles. The van der Waals surface area contributed by atoms with E-state index >= 15 is 0 Å². The molecule has 0 bridgehead atoms. The molecule has 1 saturated heterocycles. The minimum absolute atomic E-state index is 0.0868. The Balaban J connectivity index is 1.82. The van der Waals surface area contributed by atoms with E-state index in [0.29, 0.717) is 0 Å². The van der Waals surface area contributed by atoms with Crippen molar-refractivity contribution in [1.82, 2.24) is 15.2 Å². The fourth-order valence-corrected chi connectivity index (χ4v) is 3.20. The lowest BCUT2D eigenvalue weighted by Gasteiger charge is -2.20. The van der Waals surface area contributed by atoms with Gasteiger partial charge in [0.15, 0.2) is 0 Å². The van der Waals surface area contributed by atoms with Crippen molar-refractivity contribution in [3.8, 4) is 0 Å². The van der Waals surface area contributed by atoms with Gasteiger partial charge < -0.3 is 10.6 Å². The van der Waals surface area contributed by atoms with E-state index < -0.39 is 5.54 Å². The van der Waals surface area contributed by atoms with Crippen molar-refractivity contribution >= 4 is 17.8 Å². The average Bonchev–Trinajstić information content (AvgIpc) is 3.03. The molecule has 1 spiro atoms. The summed E-state index contributed by atoms with van der Waals surface area (Å²) in [4.78, 5) is 30.4. The lowest BCUT2D eigenvalue weighted by atomic mass is 9.98. The molecule has 0 unspecified atom stereocenters. The fraction of sp³-hybridized carbons (Fsp3) is 0.533. The summed E-state index contributed by atoms with van der Waals surface area (Å²) >= 11 is 0. The maximum absolute atomic E-state index is 12.6. The monoisotopic (exact) mass is 288 g/mol. The second-order valence-electron chi connectivity index (χ2n) is 5.65. The smallest absolute Gasteiger partial charge is 0.325 e. The summed E-state index contributed by atoms with van der Waals surface area (Å²) in [5, 5.41) is 6.06. The van der Waals surface area contributed by atoms with Crippen molar-refractivity contribution in [2.75, 3.05) is 11.9 Å². The Morgan fingerprint density at radius 1 is 1.38 bits per heavy atom. The summed E-state index contributed by atoms with van der Waals surface area (Å²) in [6.45, 7) is 3.00. The van der Waals surface area contributed by atoms with Crippen LogP contribution in [0.1, 0.15) is 38.2 Å². The normalized spacial score (nSPS) is 20.1. The van der Waals surface area contributed by atoms with Crippen LogP contribution in [-0.4, -0.2) is 33.9 Å². The number of urea groups is 1. The molecule has 2 aliphatic rings. The SMILES string of the molecule is CCNc1ncccc1CN1C(=O)NC2(CCCC2)C1=O. The Hall–Kier alpha value is -2.11. The highest BCUT2D eigenvalue weighted by atomic mass is 16.2. The molecule has 6 nitrogen and oxygen atoms in total. The van der Waals surface area contributed by atoms with E-state index in [1.54, 1.807) is 6.20 Å². The Bertz CT molecular complexity index is 567. The van der Waals surface area contributed by atoms with Crippen LogP contribution in [0.4, 0.5) is 10.6 Å². The van der Waals surface area contributed by atoms with Crippen molar-refractivity contribution in [1.29, 1.82) is 0 Å². The molecule has 3 amide bonds. The van der Waals surface area contributed by atoms with E-state index in [2.05, 4.69) is 15.6 Å². The average molecular weight is 288 g/mol. The molecule has 3 rings (SSSR count). The molecule has 1 aliphatic carbocycles. The number of aromatic nitrogens is 1. The van der Waals surface area contributed by atoms with Crippen LogP contribution < -0.4 is 10.6 Å². The first-order valence-corrected chi connectivity index (χ1v) is 7.48. The van der Waals surface area contributed by atoms with E-state index in [1.165, 1.54) is 4.90 Å². The number of nitrogens with zero attached hydrogens (tertiary/aromatic N) is 2. The fourth-order valence-electron chi connectivity index (χ4n) is 3.20. The standard InChI is InChI=1S/C15H20N4O2/c1-2-16-12-11(6-5-9-17-12)10-19-13(20)15(18-14(19)21)7-3-4-8-15/h5-6,9H,2-4,7-8,10H2,1H3,(H,16,17)(H,18,21). The second-order valence-corrected chi connectivity index (χ2v) is 5.65. The molecule has 1 aromatic heterocycles. The van der Waals surface area contributed by atoms with Gasteiger partial charge in [-0.05, 0) is 25.8 Å². The minimum atomic E-state index is -0.641. The predicted molar refractivity (Wildman–Crippen MR) is 78.7 cm³/mol. The maximum atomic E-state index is 12.6. The number of pyridine rings is 1. The van der Waals surface area contributed by atoms with Gasteiger partial charge in [0, 0.05) is 18.3 Å². The molecular formula is C15H20N4O2. The van der Waals surface area contributed by atoms with Crippen molar-refractivity contribution in [2.45, 2.75) is 44.7 Å². The number of carbonyl (C=O) groups excluding carboxylic acids is 2. The minimum Gasteiger partial charge on any atom is -0.370 e. The van der Waals surface area contributed by atoms with Crippen LogP contribution in [0.2, 0.25) is 0 Å². The zero-order valence-electron chi connectivity index (χ0n) is 12.2. The van der Waals surface area contributed by atoms with Crippen LogP contribution in [-0.2, 0) is 11.3 Å². The van der Waals surface area contributed by atoms with Crippen LogP contribution in [0.25, 0.3) is 0 Å². The van der Waals surface area contributed by atoms with Crippen molar-refractivity contribution in [3.63, 3.8) is 0 Å². The van der Waals surface area contributed by atoms with Gasteiger partial charge in [-0.15, -0.1) is 0 Å². The summed E-state index contributed by atoms with van der Waals surface area (Å²) in [5.41, 5.74) is 0.218. The number of carbonyl (C=O) groups is 2. The maximum Gasteiger partial charge on any atom is 0.325 e. The number of nitrogens with one attached hydrogen (secondary N) is 2. The molecule has 2 heterocycles. The highest BCUT2D eigenvalue weighted by Gasteiger charge is 2.52. The van der Waals surface area contributed by atoms with Gasteiger partial charge in [-0.3, -0.25) is 9.69 Å². The van der Waals surface area contributed by atoms with E-state index in [4.69, 9.17) is 0 Å². The van der Waals surface area contributed by atoms with Crippen LogP contribution >= 0.6 is 0 Å². The summed E-state index contributed by atoms with van der Waals surface area (Å²) in [5.74, 6) is 0.643. The number of amides is 3. The molecule has 0 aromatic carbocycles. The lowest BCUT2D eigenvalue weighted by molar-refractivity contribution is -0.131. The van der Waals surface area contributed by atoms with Crippen LogP contribution in [0.15, 0.2) is 18.3 Å². The quantitative estimate of drug-likeness (QED) is 0.830. The summed E-state index contributed by atoms with van der Waals surface area (Å²) in [6, 6.07) is 3.43. The number of hydrogen-bond acceptors (Lipinski definition) is 4. The number of rotatable bonds is 4. The third-order valence-corrected chi connectivity index (χ3v) is 4.27. The molecule has 112 valence electrons. The molecule has 1 aromatic rings. The molecule has 0 atom stereocenters. The van der Waals surface area contributed by atoms with Crippen molar-refractivity contribution < 1.29 is 9.59 Å². The number of imide groups is 1. The van der Waals surface area contributed by atoms with E-state index in [1.807, 2.05) is 19.1 Å². The third-order valence-electron chi connectivity index (χ3n) is 4.27. The van der Waals surface area contributed by atoms with Crippen LogP contribution in [0.3, 0.4) is 0 Å². The van der Waals surface area contributed by atoms with Crippen LogP contribution in [0, 0.1) is 0 Å². The van der Waals surface area contributed by atoms with Crippen LogP contribution in [0.5, 0.6) is 0 Å². The topological polar surface area (TPSA) is 74.3 Å². The van der Waals surface area contributed by atoms with Gasteiger partial charge in [-0.25, -0.2) is 9.78 Å². The van der Waals surface area contributed by atoms with Gasteiger partial charge in [0.25, 0.3) is 5.91 Å². The molecular weight excluding hydrogens is 268 g/mol. The van der Waals surface area contributed by atoms with Gasteiger partial charge in [-0.2, -0.15) is 0 Å². The van der Waals surface area contributed by atoms with E-state index in [9.17, 15) is 9.59 Å². The lowest BCUT2D eigenvalue weighted by Crippen LogP contribution is -2.44. The molecule has 1 saturated carbocycles. The predicted octanol–water partition coefficient (Wildman–Crippen LogP) is 1.88. The van der Waals surface area contributed by atoms with Crippen molar-refractivity contribution in [3.05, 3.63) is 23.9 Å². The van der Waals surface area contributed by atoms with Gasteiger partial charge in [0.05, 0.1) is 6.54 Å².